The molecule has 172 valence electrons. The maximum Gasteiger partial charge on any atom is 0.251 e. The first-order chi connectivity index (χ1) is 15.2. The highest BCUT2D eigenvalue weighted by molar-refractivity contribution is 6.30. The SMILES string of the molecule is CC(C)C(NC(=O)c1ccc(Cl)cc1)C(=O)N1CCN(C(=O)CN2C(=O)CCC2=O)CC1. The molecule has 10 heteroatoms. The third kappa shape index (κ3) is 5.45. The monoisotopic (exact) mass is 462 g/mol. The second-order valence-corrected chi connectivity index (χ2v) is 8.72. The molecule has 0 spiro atoms. The van der Waals surface area contributed by atoms with Gasteiger partial charge in [0.25, 0.3) is 5.91 Å². The quantitative estimate of drug-likeness (QED) is 0.632. The van der Waals surface area contributed by atoms with Gasteiger partial charge in [-0.05, 0) is 30.2 Å². The Balaban J connectivity index is 1.55. The lowest BCUT2D eigenvalue weighted by molar-refractivity contribution is -0.147. The van der Waals surface area contributed by atoms with Crippen LogP contribution < -0.4 is 5.32 Å². The smallest absolute Gasteiger partial charge is 0.251 e. The predicted molar refractivity (Wildman–Crippen MR) is 117 cm³/mol. The molecule has 0 saturated carbocycles. The average Bonchev–Trinajstić information content (AvgIpc) is 3.09. The Morgan fingerprint density at radius 3 is 2.00 bits per heavy atom. The zero-order valence-electron chi connectivity index (χ0n) is 18.2. The molecule has 0 aromatic heterocycles. The van der Waals surface area contributed by atoms with Crippen molar-refractivity contribution in [3.05, 3.63) is 34.9 Å². The van der Waals surface area contributed by atoms with Crippen molar-refractivity contribution in [2.24, 2.45) is 5.92 Å². The molecule has 32 heavy (non-hydrogen) atoms. The number of nitrogens with one attached hydrogen (secondary N) is 1. The summed E-state index contributed by atoms with van der Waals surface area (Å²) in [4.78, 5) is 65.8. The number of hydrogen-bond acceptors (Lipinski definition) is 5. The first-order valence-corrected chi connectivity index (χ1v) is 11.0. The van der Waals surface area contributed by atoms with Crippen molar-refractivity contribution < 1.29 is 24.0 Å². The van der Waals surface area contributed by atoms with Crippen molar-refractivity contribution in [2.75, 3.05) is 32.7 Å². The molecule has 1 aromatic rings. The lowest BCUT2D eigenvalue weighted by atomic mass is 10.0. The minimum absolute atomic E-state index is 0.134. The van der Waals surface area contributed by atoms with Crippen molar-refractivity contribution in [3.63, 3.8) is 0 Å². The number of hydrogen-bond donors (Lipinski definition) is 1. The van der Waals surface area contributed by atoms with Crippen molar-refractivity contribution in [3.8, 4) is 0 Å². The lowest BCUT2D eigenvalue weighted by Gasteiger charge is -2.37. The van der Waals surface area contributed by atoms with Crippen molar-refractivity contribution in [2.45, 2.75) is 32.7 Å². The Morgan fingerprint density at radius 1 is 0.938 bits per heavy atom. The predicted octanol–water partition coefficient (Wildman–Crippen LogP) is 0.914. The van der Waals surface area contributed by atoms with Crippen LogP contribution in [0.1, 0.15) is 37.0 Å². The van der Waals surface area contributed by atoms with Gasteiger partial charge in [0.2, 0.25) is 23.6 Å². The van der Waals surface area contributed by atoms with E-state index in [1.165, 1.54) is 0 Å². The molecule has 3 rings (SSSR count). The van der Waals surface area contributed by atoms with E-state index in [4.69, 9.17) is 11.6 Å². The minimum Gasteiger partial charge on any atom is -0.340 e. The zero-order valence-corrected chi connectivity index (χ0v) is 18.9. The summed E-state index contributed by atoms with van der Waals surface area (Å²) in [7, 11) is 0. The molecule has 1 atom stereocenters. The van der Waals surface area contributed by atoms with Gasteiger partial charge in [-0.3, -0.25) is 28.9 Å². The summed E-state index contributed by atoms with van der Waals surface area (Å²) in [6, 6.07) is 5.71. The van der Waals surface area contributed by atoms with Gasteiger partial charge in [-0.2, -0.15) is 0 Å². The zero-order chi connectivity index (χ0) is 23.4. The standard InChI is InChI=1S/C22H27ClN4O5/c1-14(2)20(24-21(31)15-3-5-16(23)6-4-15)22(32)26-11-9-25(10-12-26)19(30)13-27-17(28)7-8-18(27)29/h3-6,14,20H,7-13H2,1-2H3,(H,24,31). The van der Waals surface area contributed by atoms with Gasteiger partial charge < -0.3 is 15.1 Å². The number of carbonyl (C=O) groups is 5. The largest absolute Gasteiger partial charge is 0.340 e. The number of likely N-dealkylation sites (tertiary alicyclic amines) is 1. The van der Waals surface area contributed by atoms with Crippen molar-refractivity contribution in [1.29, 1.82) is 0 Å². The maximum absolute atomic E-state index is 13.1. The summed E-state index contributed by atoms with van der Waals surface area (Å²) in [6.07, 6.45) is 0.291. The van der Waals surface area contributed by atoms with Gasteiger partial charge in [0.05, 0.1) is 0 Å². The summed E-state index contributed by atoms with van der Waals surface area (Å²) < 4.78 is 0. The van der Waals surface area contributed by atoms with Crippen LogP contribution >= 0.6 is 11.6 Å². The van der Waals surface area contributed by atoms with Gasteiger partial charge >= 0.3 is 0 Å². The number of piperazine rings is 1. The van der Waals surface area contributed by atoms with Crippen LogP contribution in [-0.2, 0) is 19.2 Å². The second-order valence-electron chi connectivity index (χ2n) is 8.28. The molecule has 1 aromatic carbocycles. The molecular weight excluding hydrogens is 436 g/mol. The van der Waals surface area contributed by atoms with Gasteiger partial charge in [0.15, 0.2) is 0 Å². The molecule has 5 amide bonds. The van der Waals surface area contributed by atoms with Gasteiger partial charge in [-0.25, -0.2) is 0 Å². The first kappa shape index (κ1) is 23.7. The average molecular weight is 463 g/mol. The van der Waals surface area contributed by atoms with Gasteiger partial charge in [-0.15, -0.1) is 0 Å². The minimum atomic E-state index is -0.708. The number of halogens is 1. The molecule has 9 nitrogen and oxygen atoms in total. The topological polar surface area (TPSA) is 107 Å². The fourth-order valence-corrected chi connectivity index (χ4v) is 3.87. The number of rotatable bonds is 6. The third-order valence-corrected chi connectivity index (χ3v) is 5.97. The molecule has 0 aliphatic carbocycles. The van der Waals surface area contributed by atoms with Gasteiger partial charge in [0.1, 0.15) is 12.6 Å². The molecule has 2 aliphatic rings. The van der Waals surface area contributed by atoms with E-state index in [1.807, 2.05) is 13.8 Å². The van der Waals surface area contributed by atoms with Crippen LogP contribution in [0.15, 0.2) is 24.3 Å². The van der Waals surface area contributed by atoms with E-state index in [2.05, 4.69) is 5.32 Å². The van der Waals surface area contributed by atoms with E-state index in [0.29, 0.717) is 36.8 Å². The van der Waals surface area contributed by atoms with Crippen LogP contribution in [0.25, 0.3) is 0 Å². The molecule has 2 saturated heterocycles. The fourth-order valence-electron chi connectivity index (χ4n) is 3.75. The highest BCUT2D eigenvalue weighted by Gasteiger charge is 2.34. The van der Waals surface area contributed by atoms with E-state index in [0.717, 1.165) is 4.90 Å². The van der Waals surface area contributed by atoms with Gasteiger partial charge in [0, 0.05) is 49.6 Å². The summed E-state index contributed by atoms with van der Waals surface area (Å²) >= 11 is 5.86. The third-order valence-electron chi connectivity index (χ3n) is 5.72. The van der Waals surface area contributed by atoms with E-state index in [-0.39, 0.29) is 54.8 Å². The number of carbonyl (C=O) groups excluding carboxylic acids is 5. The van der Waals surface area contributed by atoms with E-state index < -0.39 is 6.04 Å². The van der Waals surface area contributed by atoms with Crippen molar-refractivity contribution in [1.82, 2.24) is 20.0 Å². The Kier molecular flexibility index (Phi) is 7.50. The van der Waals surface area contributed by atoms with Crippen LogP contribution in [0, 0.1) is 5.92 Å². The number of nitrogens with zero attached hydrogens (tertiary/aromatic N) is 3. The molecular formula is C22H27ClN4O5. The summed E-state index contributed by atoms with van der Waals surface area (Å²) in [5.41, 5.74) is 0.411. The van der Waals surface area contributed by atoms with Crippen LogP contribution in [0.5, 0.6) is 0 Å². The van der Waals surface area contributed by atoms with E-state index >= 15 is 0 Å². The highest BCUT2D eigenvalue weighted by atomic mass is 35.5. The lowest BCUT2D eigenvalue weighted by Crippen LogP contribution is -2.58. The Labute approximate surface area is 191 Å². The molecule has 2 aliphatic heterocycles. The van der Waals surface area contributed by atoms with Crippen LogP contribution in [0.2, 0.25) is 5.02 Å². The fraction of sp³-hybridized carbons (Fsp3) is 0.500. The second kappa shape index (κ2) is 10.1. The van der Waals surface area contributed by atoms with Crippen LogP contribution in [-0.4, -0.2) is 83.0 Å². The molecule has 2 heterocycles. The molecule has 2 fully saturated rings. The Bertz CT molecular complexity index is 893. The number of imide groups is 1. The first-order valence-electron chi connectivity index (χ1n) is 10.6. The Morgan fingerprint density at radius 2 is 1.47 bits per heavy atom. The number of amides is 5. The summed E-state index contributed by atoms with van der Waals surface area (Å²) in [5, 5.41) is 3.32. The molecule has 0 radical (unpaired) electrons. The molecule has 1 unspecified atom stereocenters. The van der Waals surface area contributed by atoms with Crippen LogP contribution in [0.3, 0.4) is 0 Å². The molecule has 0 bridgehead atoms. The normalized spacial score (nSPS) is 17.7. The van der Waals surface area contributed by atoms with E-state index in [9.17, 15) is 24.0 Å². The summed E-state index contributed by atoms with van der Waals surface area (Å²) in [5.74, 6) is -1.66. The number of benzene rings is 1. The van der Waals surface area contributed by atoms with Crippen molar-refractivity contribution >= 4 is 41.1 Å². The highest BCUT2D eigenvalue weighted by Crippen LogP contribution is 2.15. The summed E-state index contributed by atoms with van der Waals surface area (Å²) in [6.45, 7) is 4.69. The van der Waals surface area contributed by atoms with Crippen LogP contribution in [0.4, 0.5) is 0 Å². The molecule has 1 N–H and O–H groups in total. The Hall–Kier alpha value is -2.94. The van der Waals surface area contributed by atoms with E-state index in [1.54, 1.807) is 34.1 Å². The maximum atomic E-state index is 13.1. The van der Waals surface area contributed by atoms with Gasteiger partial charge in [-0.1, -0.05) is 25.4 Å².